The summed E-state index contributed by atoms with van der Waals surface area (Å²) in [6.45, 7) is 5.87. The van der Waals surface area contributed by atoms with E-state index < -0.39 is 17.8 Å². The Morgan fingerprint density at radius 1 is 1.11 bits per heavy atom. The van der Waals surface area contributed by atoms with E-state index in [1.807, 2.05) is 19.1 Å². The molecule has 0 aromatic heterocycles. The Balaban J connectivity index is 2.16. The number of hydrogen-bond acceptors (Lipinski definition) is 6. The van der Waals surface area contributed by atoms with Crippen LogP contribution in [-0.2, 0) is 9.59 Å². The predicted molar refractivity (Wildman–Crippen MR) is 104 cm³/mol. The van der Waals surface area contributed by atoms with Gasteiger partial charge in [0.2, 0.25) is 11.8 Å². The highest BCUT2D eigenvalue weighted by molar-refractivity contribution is 9.10. The fraction of sp³-hybridized carbons (Fsp3) is 0.444. The van der Waals surface area contributed by atoms with Crippen LogP contribution < -0.4 is 20.3 Å². The Bertz CT molecular complexity index is 814. The first-order chi connectivity index (χ1) is 12.9. The Kier molecular flexibility index (Phi) is 5.50. The largest absolute Gasteiger partial charge is 0.492 e. The van der Waals surface area contributed by atoms with Crippen molar-refractivity contribution in [3.8, 4) is 11.5 Å². The third-order valence-corrected chi connectivity index (χ3v) is 5.38. The summed E-state index contributed by atoms with van der Waals surface area (Å²) in [5.41, 5.74) is 7.04. The van der Waals surface area contributed by atoms with Gasteiger partial charge in [-0.15, -0.1) is 0 Å². The molecule has 2 atom stereocenters. The molecule has 0 saturated heterocycles. The summed E-state index contributed by atoms with van der Waals surface area (Å²) in [6.07, 6.45) is 0. The molecule has 0 saturated carbocycles. The highest BCUT2D eigenvalue weighted by Gasteiger charge is 2.46. The first kappa shape index (κ1) is 19.3. The van der Waals surface area contributed by atoms with Gasteiger partial charge in [-0.3, -0.25) is 9.59 Å². The van der Waals surface area contributed by atoms with Crippen molar-refractivity contribution in [1.29, 1.82) is 0 Å². The number of amides is 2. The normalized spacial score (nSPS) is 22.7. The van der Waals surface area contributed by atoms with Crippen LogP contribution in [0.5, 0.6) is 11.5 Å². The molecular weight excluding hydrogens is 416 g/mol. The molecule has 2 aliphatic rings. The number of nitrogens with zero attached hydrogens (tertiary/aromatic N) is 2. The van der Waals surface area contributed by atoms with Crippen LogP contribution >= 0.6 is 15.9 Å². The molecule has 2 heterocycles. The maximum atomic E-state index is 12.5. The van der Waals surface area contributed by atoms with Gasteiger partial charge in [-0.05, 0) is 54.4 Å². The first-order valence-electron chi connectivity index (χ1n) is 8.57. The smallest absolute Gasteiger partial charge is 0.249 e. The van der Waals surface area contributed by atoms with E-state index in [1.165, 1.54) is 0 Å². The molecule has 27 heavy (non-hydrogen) atoms. The van der Waals surface area contributed by atoms with Crippen LogP contribution in [-0.4, -0.2) is 37.0 Å². The summed E-state index contributed by atoms with van der Waals surface area (Å²) in [4.78, 5) is 25.0. The van der Waals surface area contributed by atoms with Gasteiger partial charge >= 0.3 is 0 Å². The van der Waals surface area contributed by atoms with E-state index in [4.69, 9.17) is 9.47 Å². The Hall–Kier alpha value is -2.42. The van der Waals surface area contributed by atoms with Crippen LogP contribution in [0.4, 0.5) is 0 Å². The number of carbonyl (C=O) groups excluding carboxylic acids is 2. The number of benzene rings is 1. The molecule has 9 heteroatoms. The minimum atomic E-state index is -0.584. The molecule has 2 amide bonds. The van der Waals surface area contributed by atoms with Gasteiger partial charge in [0.15, 0.2) is 11.5 Å². The van der Waals surface area contributed by atoms with E-state index in [1.54, 1.807) is 21.0 Å². The van der Waals surface area contributed by atoms with Gasteiger partial charge in [0.1, 0.15) is 0 Å². The van der Waals surface area contributed by atoms with Crippen molar-refractivity contribution in [3.63, 3.8) is 0 Å². The van der Waals surface area contributed by atoms with Gasteiger partial charge in [0.25, 0.3) is 0 Å². The average molecular weight is 437 g/mol. The Morgan fingerprint density at radius 3 is 2.07 bits per heavy atom. The second-order valence-electron chi connectivity index (χ2n) is 6.41. The summed E-state index contributed by atoms with van der Waals surface area (Å²) < 4.78 is 11.8. The molecule has 0 fully saturated rings. The lowest BCUT2D eigenvalue weighted by Crippen LogP contribution is -2.38. The van der Waals surface area contributed by atoms with E-state index >= 15 is 0 Å². The zero-order chi connectivity index (χ0) is 19.7. The van der Waals surface area contributed by atoms with Crippen molar-refractivity contribution >= 4 is 39.2 Å². The van der Waals surface area contributed by atoms with Crippen molar-refractivity contribution in [2.75, 3.05) is 13.7 Å². The lowest BCUT2D eigenvalue weighted by molar-refractivity contribution is -0.125. The summed E-state index contributed by atoms with van der Waals surface area (Å²) in [5.74, 6) is -1.04. The van der Waals surface area contributed by atoms with Crippen molar-refractivity contribution in [2.24, 2.45) is 22.0 Å². The number of hydrazone groups is 2. The molecule has 0 spiro atoms. The van der Waals surface area contributed by atoms with Crippen LogP contribution in [0.2, 0.25) is 0 Å². The molecule has 8 nitrogen and oxygen atoms in total. The summed E-state index contributed by atoms with van der Waals surface area (Å²) in [5, 5.41) is 8.12. The fourth-order valence-electron chi connectivity index (χ4n) is 3.61. The zero-order valence-electron chi connectivity index (χ0n) is 15.5. The van der Waals surface area contributed by atoms with E-state index in [0.717, 1.165) is 5.56 Å². The Labute approximate surface area is 165 Å². The van der Waals surface area contributed by atoms with E-state index in [-0.39, 0.29) is 11.8 Å². The highest BCUT2D eigenvalue weighted by Crippen LogP contribution is 2.44. The number of methoxy groups -OCH3 is 1. The van der Waals surface area contributed by atoms with Gasteiger partial charge in [0, 0.05) is 17.3 Å². The van der Waals surface area contributed by atoms with E-state index in [0.29, 0.717) is 34.0 Å². The number of rotatable bonds is 6. The van der Waals surface area contributed by atoms with Crippen LogP contribution in [0.3, 0.4) is 0 Å². The van der Waals surface area contributed by atoms with Gasteiger partial charge in [-0.1, -0.05) is 0 Å². The monoisotopic (exact) mass is 436 g/mol. The molecule has 1 aromatic carbocycles. The van der Waals surface area contributed by atoms with Gasteiger partial charge in [-0.25, -0.2) is 10.9 Å². The molecular formula is C18H21BrN4O4. The first-order valence-corrected chi connectivity index (χ1v) is 9.36. The number of ether oxygens (including phenoxy) is 2. The lowest BCUT2D eigenvalue weighted by Gasteiger charge is -2.28. The SMILES string of the molecule is CCOc1cc(C(C2C(=O)NN=C2C)C2C(=O)NN=C2C)cc(Br)c1OC. The quantitative estimate of drug-likeness (QED) is 0.713. The predicted octanol–water partition coefficient (Wildman–Crippen LogP) is 2.18. The standard InChI is InChI=1S/C18H21BrN4O4/c1-5-27-12-7-10(6-11(19)16(12)26-4)15(13-8(2)20-22-17(13)24)14-9(3)21-23-18(14)25/h6-7,13-15H,5H2,1-4H3,(H,22,24)(H,23,25). The average Bonchev–Trinajstić information content (AvgIpc) is 3.12. The van der Waals surface area contributed by atoms with Crippen LogP contribution in [0.1, 0.15) is 32.3 Å². The summed E-state index contributed by atoms with van der Waals surface area (Å²) in [6, 6.07) is 3.67. The minimum Gasteiger partial charge on any atom is -0.492 e. The van der Waals surface area contributed by atoms with E-state index in [9.17, 15) is 9.59 Å². The van der Waals surface area contributed by atoms with E-state index in [2.05, 4.69) is 37.0 Å². The molecule has 144 valence electrons. The summed E-state index contributed by atoms with van der Waals surface area (Å²) >= 11 is 3.51. The molecule has 0 radical (unpaired) electrons. The van der Waals surface area contributed by atoms with Crippen molar-refractivity contribution < 1.29 is 19.1 Å². The van der Waals surface area contributed by atoms with Gasteiger partial charge in [-0.2, -0.15) is 10.2 Å². The maximum Gasteiger partial charge on any atom is 0.249 e. The second kappa shape index (κ2) is 7.67. The van der Waals surface area contributed by atoms with Crippen LogP contribution in [0.15, 0.2) is 26.8 Å². The minimum absolute atomic E-state index is 0.241. The van der Waals surface area contributed by atoms with Crippen LogP contribution in [0, 0.1) is 11.8 Å². The summed E-state index contributed by atoms with van der Waals surface area (Å²) in [7, 11) is 1.56. The lowest BCUT2D eigenvalue weighted by atomic mass is 9.73. The van der Waals surface area contributed by atoms with Crippen molar-refractivity contribution in [3.05, 3.63) is 22.2 Å². The zero-order valence-corrected chi connectivity index (χ0v) is 17.1. The fourth-order valence-corrected chi connectivity index (χ4v) is 4.23. The Morgan fingerprint density at radius 2 is 1.67 bits per heavy atom. The number of halogens is 1. The van der Waals surface area contributed by atoms with Crippen molar-refractivity contribution in [1.82, 2.24) is 10.9 Å². The maximum absolute atomic E-state index is 12.5. The molecule has 2 aliphatic heterocycles. The topological polar surface area (TPSA) is 101 Å². The number of hydrogen-bond donors (Lipinski definition) is 2. The molecule has 2 N–H and O–H groups in total. The van der Waals surface area contributed by atoms with Crippen LogP contribution in [0.25, 0.3) is 0 Å². The molecule has 2 unspecified atom stereocenters. The highest BCUT2D eigenvalue weighted by atomic mass is 79.9. The number of carbonyl (C=O) groups is 2. The molecule has 0 bridgehead atoms. The van der Waals surface area contributed by atoms with Gasteiger partial charge < -0.3 is 9.47 Å². The molecule has 3 rings (SSSR count). The molecule has 1 aromatic rings. The number of nitrogens with one attached hydrogen (secondary N) is 2. The third-order valence-electron chi connectivity index (χ3n) is 4.79. The molecule has 0 aliphatic carbocycles. The van der Waals surface area contributed by atoms with Crippen molar-refractivity contribution in [2.45, 2.75) is 26.7 Å². The second-order valence-corrected chi connectivity index (χ2v) is 7.26. The van der Waals surface area contributed by atoms with Gasteiger partial charge in [0.05, 0.1) is 30.0 Å². The third kappa shape index (κ3) is 3.43.